The van der Waals surface area contributed by atoms with E-state index in [1.807, 2.05) is 19.1 Å². The van der Waals surface area contributed by atoms with Gasteiger partial charge in [0.15, 0.2) is 0 Å². The third kappa shape index (κ3) is 3.89. The van der Waals surface area contributed by atoms with Gasteiger partial charge >= 0.3 is 0 Å². The Morgan fingerprint density at radius 2 is 2.27 bits per heavy atom. The third-order valence-corrected chi connectivity index (χ3v) is 2.84. The molecule has 0 aliphatic heterocycles. The van der Waals surface area contributed by atoms with Crippen LogP contribution in [0.5, 0.6) is 0 Å². The summed E-state index contributed by atoms with van der Waals surface area (Å²) < 4.78 is 5.90. The van der Waals surface area contributed by atoms with Crippen LogP contribution in [0.3, 0.4) is 0 Å². The molecule has 4 heteroatoms. The van der Waals surface area contributed by atoms with E-state index in [0.29, 0.717) is 12.3 Å². The van der Waals surface area contributed by atoms with Crippen molar-refractivity contribution >= 4 is 15.9 Å². The highest BCUT2D eigenvalue weighted by atomic mass is 79.9. The fourth-order valence-corrected chi connectivity index (χ4v) is 1.55. The molecule has 3 nitrogen and oxygen atoms in total. The molecule has 2 atom stereocenters. The van der Waals surface area contributed by atoms with E-state index in [9.17, 15) is 5.11 Å². The molecular weight excluding hydrogens is 258 g/mol. The zero-order chi connectivity index (χ0) is 11.3. The van der Waals surface area contributed by atoms with Gasteiger partial charge in [0.1, 0.15) is 0 Å². The predicted octanol–water partition coefficient (Wildman–Crippen LogP) is 2.55. The lowest BCUT2D eigenvalue weighted by molar-refractivity contribution is 0.0855. The molecule has 1 N–H and O–H groups in total. The molecule has 84 valence electrons. The number of rotatable bonds is 5. The number of halogens is 1. The van der Waals surface area contributed by atoms with Gasteiger partial charge in [-0.2, -0.15) is 0 Å². The SMILES string of the molecule is COCCC(C)C(O)c1ccc(Br)cn1. The summed E-state index contributed by atoms with van der Waals surface area (Å²) in [6.07, 6.45) is 2.00. The van der Waals surface area contributed by atoms with E-state index >= 15 is 0 Å². The van der Waals surface area contributed by atoms with Crippen molar-refractivity contribution in [3.63, 3.8) is 0 Å². The monoisotopic (exact) mass is 273 g/mol. The van der Waals surface area contributed by atoms with Gasteiger partial charge in [-0.1, -0.05) is 6.92 Å². The van der Waals surface area contributed by atoms with Crippen LogP contribution < -0.4 is 0 Å². The first kappa shape index (κ1) is 12.6. The van der Waals surface area contributed by atoms with E-state index in [0.717, 1.165) is 10.9 Å². The van der Waals surface area contributed by atoms with Gasteiger partial charge in [0.25, 0.3) is 0 Å². The Morgan fingerprint density at radius 3 is 2.80 bits per heavy atom. The van der Waals surface area contributed by atoms with Crippen molar-refractivity contribution in [3.8, 4) is 0 Å². The number of pyridine rings is 1. The molecule has 1 aromatic heterocycles. The standard InChI is InChI=1S/C11H16BrNO2/c1-8(5-6-15-2)11(14)10-4-3-9(12)7-13-10/h3-4,7-8,11,14H,5-6H2,1-2H3. The van der Waals surface area contributed by atoms with Crippen molar-refractivity contribution in [2.24, 2.45) is 5.92 Å². The summed E-state index contributed by atoms with van der Waals surface area (Å²) in [6.45, 7) is 2.65. The van der Waals surface area contributed by atoms with Gasteiger partial charge in [-0.15, -0.1) is 0 Å². The topological polar surface area (TPSA) is 42.4 Å². The van der Waals surface area contributed by atoms with Gasteiger partial charge in [0, 0.05) is 24.4 Å². The number of methoxy groups -OCH3 is 1. The van der Waals surface area contributed by atoms with E-state index in [2.05, 4.69) is 20.9 Å². The summed E-state index contributed by atoms with van der Waals surface area (Å²) in [5.41, 5.74) is 0.710. The van der Waals surface area contributed by atoms with Crippen LogP contribution in [0.2, 0.25) is 0 Å². The highest BCUT2D eigenvalue weighted by Gasteiger charge is 2.16. The molecule has 0 aliphatic rings. The molecule has 0 saturated heterocycles. The normalized spacial score (nSPS) is 14.9. The van der Waals surface area contributed by atoms with Crippen LogP contribution in [0, 0.1) is 5.92 Å². The number of hydrogen-bond donors (Lipinski definition) is 1. The molecule has 1 rings (SSSR count). The van der Waals surface area contributed by atoms with Crippen molar-refractivity contribution in [3.05, 3.63) is 28.5 Å². The van der Waals surface area contributed by atoms with Gasteiger partial charge in [0.2, 0.25) is 0 Å². The molecule has 0 aliphatic carbocycles. The van der Waals surface area contributed by atoms with Crippen molar-refractivity contribution < 1.29 is 9.84 Å². The molecule has 0 fully saturated rings. The van der Waals surface area contributed by atoms with Crippen LogP contribution in [0.4, 0.5) is 0 Å². The lowest BCUT2D eigenvalue weighted by Crippen LogP contribution is -2.12. The van der Waals surface area contributed by atoms with Crippen LogP contribution in [0.15, 0.2) is 22.8 Å². The van der Waals surface area contributed by atoms with Gasteiger partial charge in [0.05, 0.1) is 11.8 Å². The van der Waals surface area contributed by atoms with Crippen molar-refractivity contribution in [1.82, 2.24) is 4.98 Å². The highest BCUT2D eigenvalue weighted by Crippen LogP contribution is 2.23. The lowest BCUT2D eigenvalue weighted by Gasteiger charge is -2.17. The summed E-state index contributed by atoms with van der Waals surface area (Å²) in [6, 6.07) is 3.71. The van der Waals surface area contributed by atoms with Crippen molar-refractivity contribution in [2.45, 2.75) is 19.4 Å². The second-order valence-electron chi connectivity index (χ2n) is 3.60. The number of aliphatic hydroxyl groups excluding tert-OH is 1. The Labute approximate surface area is 98.6 Å². The van der Waals surface area contributed by atoms with E-state index < -0.39 is 6.10 Å². The lowest BCUT2D eigenvalue weighted by atomic mass is 9.98. The molecule has 0 amide bonds. The number of nitrogens with zero attached hydrogens (tertiary/aromatic N) is 1. The quantitative estimate of drug-likeness (QED) is 0.897. The number of hydrogen-bond acceptors (Lipinski definition) is 3. The Kier molecular flexibility index (Phi) is 5.22. The van der Waals surface area contributed by atoms with Crippen molar-refractivity contribution in [2.75, 3.05) is 13.7 Å². The fraction of sp³-hybridized carbons (Fsp3) is 0.545. The molecule has 1 heterocycles. The molecule has 15 heavy (non-hydrogen) atoms. The van der Waals surface area contributed by atoms with E-state index in [1.165, 1.54) is 0 Å². The third-order valence-electron chi connectivity index (χ3n) is 2.37. The molecule has 0 bridgehead atoms. The first-order valence-corrected chi connectivity index (χ1v) is 5.73. The maximum atomic E-state index is 9.97. The molecule has 0 saturated carbocycles. The molecule has 1 aromatic rings. The number of ether oxygens (including phenoxy) is 1. The zero-order valence-corrected chi connectivity index (χ0v) is 10.6. The van der Waals surface area contributed by atoms with Crippen molar-refractivity contribution in [1.29, 1.82) is 0 Å². The number of aromatic nitrogens is 1. The van der Waals surface area contributed by atoms with Gasteiger partial charge in [-0.25, -0.2) is 0 Å². The Bertz CT molecular complexity index is 289. The van der Waals surface area contributed by atoms with Crippen LogP contribution in [0.25, 0.3) is 0 Å². The second kappa shape index (κ2) is 6.20. The van der Waals surface area contributed by atoms with Gasteiger partial charge in [-0.05, 0) is 40.4 Å². The maximum Gasteiger partial charge on any atom is 0.0985 e. The minimum Gasteiger partial charge on any atom is -0.387 e. The van der Waals surface area contributed by atoms with E-state index in [-0.39, 0.29) is 5.92 Å². The summed E-state index contributed by atoms with van der Waals surface area (Å²) in [4.78, 5) is 4.17. The molecular formula is C11H16BrNO2. The Balaban J connectivity index is 2.59. The fourth-order valence-electron chi connectivity index (χ4n) is 1.32. The van der Waals surface area contributed by atoms with Crippen LogP contribution in [-0.4, -0.2) is 23.8 Å². The summed E-state index contributed by atoms with van der Waals surface area (Å²) in [5, 5.41) is 9.97. The highest BCUT2D eigenvalue weighted by molar-refractivity contribution is 9.10. The average Bonchev–Trinajstić information content (AvgIpc) is 2.26. The Morgan fingerprint density at radius 1 is 1.53 bits per heavy atom. The van der Waals surface area contributed by atoms with Crippen LogP contribution in [-0.2, 0) is 4.74 Å². The summed E-state index contributed by atoms with van der Waals surface area (Å²) in [7, 11) is 1.66. The average molecular weight is 274 g/mol. The van der Waals surface area contributed by atoms with Crippen LogP contribution >= 0.6 is 15.9 Å². The van der Waals surface area contributed by atoms with Gasteiger partial charge < -0.3 is 9.84 Å². The summed E-state index contributed by atoms with van der Waals surface area (Å²) >= 11 is 3.31. The maximum absolute atomic E-state index is 9.97. The largest absolute Gasteiger partial charge is 0.387 e. The molecule has 0 spiro atoms. The Hall–Kier alpha value is -0.450. The molecule has 0 aromatic carbocycles. The van der Waals surface area contributed by atoms with Gasteiger partial charge in [-0.3, -0.25) is 4.98 Å². The van der Waals surface area contributed by atoms with E-state index in [4.69, 9.17) is 4.74 Å². The molecule has 0 radical (unpaired) electrons. The first-order chi connectivity index (χ1) is 7.15. The van der Waals surface area contributed by atoms with Crippen LogP contribution in [0.1, 0.15) is 25.1 Å². The smallest absolute Gasteiger partial charge is 0.0985 e. The minimum absolute atomic E-state index is 0.152. The first-order valence-electron chi connectivity index (χ1n) is 4.93. The van der Waals surface area contributed by atoms with E-state index in [1.54, 1.807) is 13.3 Å². The minimum atomic E-state index is -0.520. The second-order valence-corrected chi connectivity index (χ2v) is 4.52. The zero-order valence-electron chi connectivity index (χ0n) is 8.98. The summed E-state index contributed by atoms with van der Waals surface area (Å²) in [5.74, 6) is 0.152. The number of aliphatic hydroxyl groups is 1. The predicted molar refractivity (Wildman–Crippen MR) is 62.6 cm³/mol. The molecule has 2 unspecified atom stereocenters.